The van der Waals surface area contributed by atoms with Gasteiger partial charge in [-0.05, 0) is 13.3 Å². The van der Waals surface area contributed by atoms with E-state index in [0.717, 1.165) is 12.8 Å². The minimum absolute atomic E-state index is 0.0644. The fourth-order valence-corrected chi connectivity index (χ4v) is 1.92. The predicted octanol–water partition coefficient (Wildman–Crippen LogP) is 1.59. The Hall–Kier alpha value is -1.56. The van der Waals surface area contributed by atoms with E-state index in [4.69, 9.17) is 11.6 Å². The average molecular weight is 301 g/mol. The van der Waals surface area contributed by atoms with E-state index in [9.17, 15) is 9.59 Å². The highest BCUT2D eigenvalue weighted by Crippen LogP contribution is 2.16. The lowest BCUT2D eigenvalue weighted by atomic mass is 10.3. The highest BCUT2D eigenvalue weighted by Gasteiger charge is 2.17. The van der Waals surface area contributed by atoms with Gasteiger partial charge in [0.25, 0.3) is 5.56 Å². The van der Waals surface area contributed by atoms with E-state index in [1.54, 1.807) is 21.0 Å². The van der Waals surface area contributed by atoms with E-state index in [2.05, 4.69) is 10.4 Å². The van der Waals surface area contributed by atoms with Gasteiger partial charge in [-0.15, -0.1) is 0 Å². The topological polar surface area (TPSA) is 67.2 Å². The van der Waals surface area contributed by atoms with Gasteiger partial charge in [0.1, 0.15) is 11.1 Å². The lowest BCUT2D eigenvalue weighted by molar-refractivity contribution is -0.129. The Labute approximate surface area is 123 Å². The van der Waals surface area contributed by atoms with E-state index in [0.29, 0.717) is 12.2 Å². The van der Waals surface area contributed by atoms with Crippen LogP contribution in [0.25, 0.3) is 0 Å². The lowest BCUT2D eigenvalue weighted by Crippen LogP contribution is -2.37. The van der Waals surface area contributed by atoms with Crippen LogP contribution in [0, 0.1) is 0 Å². The Kier molecular flexibility index (Phi) is 6.01. The normalized spacial score (nSPS) is 12.1. The number of aryl methyl sites for hydroxylation is 1. The van der Waals surface area contributed by atoms with Crippen molar-refractivity contribution in [2.24, 2.45) is 0 Å². The van der Waals surface area contributed by atoms with Crippen LogP contribution in [0.4, 0.5) is 5.69 Å². The minimum Gasteiger partial charge on any atom is -0.371 e. The number of nitrogens with zero attached hydrogens (tertiary/aromatic N) is 3. The van der Waals surface area contributed by atoms with Crippen LogP contribution in [0.5, 0.6) is 0 Å². The second-order valence-electron chi connectivity index (χ2n) is 4.85. The number of carbonyl (C=O) groups is 1. The Bertz CT molecular complexity index is 528. The molecule has 1 aromatic rings. The van der Waals surface area contributed by atoms with Crippen molar-refractivity contribution in [2.75, 3.05) is 19.4 Å². The molecule has 0 aromatic carbocycles. The molecule has 0 spiro atoms. The first-order chi connectivity index (χ1) is 9.38. The molecule has 1 aromatic heterocycles. The number of amides is 1. The number of rotatable bonds is 6. The van der Waals surface area contributed by atoms with Gasteiger partial charge in [-0.2, -0.15) is 5.10 Å². The van der Waals surface area contributed by atoms with Crippen LogP contribution in [0.3, 0.4) is 0 Å². The third-order valence-electron chi connectivity index (χ3n) is 2.89. The second kappa shape index (κ2) is 7.28. The summed E-state index contributed by atoms with van der Waals surface area (Å²) >= 11 is 6.04. The first kappa shape index (κ1) is 16.5. The number of carbonyl (C=O) groups excluding carboxylic acids is 1. The van der Waals surface area contributed by atoms with Crippen molar-refractivity contribution in [3.8, 4) is 0 Å². The third-order valence-corrected chi connectivity index (χ3v) is 3.26. The number of hydrogen-bond acceptors (Lipinski definition) is 4. The molecular weight excluding hydrogens is 280 g/mol. The van der Waals surface area contributed by atoms with E-state index in [-0.39, 0.29) is 16.5 Å². The van der Waals surface area contributed by atoms with Crippen LogP contribution < -0.4 is 10.9 Å². The maximum atomic E-state index is 12.0. The van der Waals surface area contributed by atoms with E-state index < -0.39 is 6.04 Å². The molecule has 0 aliphatic heterocycles. The molecule has 6 nitrogen and oxygen atoms in total. The van der Waals surface area contributed by atoms with Gasteiger partial charge >= 0.3 is 0 Å². The Balaban J connectivity index is 2.90. The van der Waals surface area contributed by atoms with Crippen molar-refractivity contribution in [2.45, 2.75) is 39.3 Å². The van der Waals surface area contributed by atoms with Gasteiger partial charge in [-0.3, -0.25) is 9.59 Å². The Morgan fingerprint density at radius 2 is 2.20 bits per heavy atom. The summed E-state index contributed by atoms with van der Waals surface area (Å²) in [6.45, 7) is 4.29. The van der Waals surface area contributed by atoms with Crippen molar-refractivity contribution in [1.29, 1.82) is 0 Å². The molecule has 20 heavy (non-hydrogen) atoms. The van der Waals surface area contributed by atoms with Gasteiger partial charge in [-0.25, -0.2) is 4.68 Å². The van der Waals surface area contributed by atoms with Crippen molar-refractivity contribution in [3.05, 3.63) is 21.6 Å². The first-order valence-electron chi connectivity index (χ1n) is 6.61. The van der Waals surface area contributed by atoms with E-state index >= 15 is 0 Å². The molecule has 1 atom stereocenters. The molecule has 1 heterocycles. The summed E-state index contributed by atoms with van der Waals surface area (Å²) in [5, 5.41) is 7.05. The lowest BCUT2D eigenvalue weighted by Gasteiger charge is -2.19. The van der Waals surface area contributed by atoms with Gasteiger partial charge in [0.15, 0.2) is 0 Å². The van der Waals surface area contributed by atoms with E-state index in [1.165, 1.54) is 15.8 Å². The highest BCUT2D eigenvalue weighted by molar-refractivity contribution is 6.33. The highest BCUT2D eigenvalue weighted by atomic mass is 35.5. The summed E-state index contributed by atoms with van der Waals surface area (Å²) in [4.78, 5) is 25.3. The van der Waals surface area contributed by atoms with Crippen molar-refractivity contribution < 1.29 is 4.79 Å². The zero-order valence-corrected chi connectivity index (χ0v) is 13.1. The smallest absolute Gasteiger partial charge is 0.287 e. The van der Waals surface area contributed by atoms with E-state index in [1.807, 2.05) is 6.92 Å². The number of likely N-dealkylation sites (N-methyl/N-ethyl adjacent to an activating group) is 1. The summed E-state index contributed by atoms with van der Waals surface area (Å²) in [5.41, 5.74) is 0.0433. The van der Waals surface area contributed by atoms with Crippen molar-refractivity contribution in [3.63, 3.8) is 0 Å². The zero-order chi connectivity index (χ0) is 15.3. The summed E-state index contributed by atoms with van der Waals surface area (Å²) in [6.07, 6.45) is 3.32. The number of halogens is 1. The maximum Gasteiger partial charge on any atom is 0.287 e. The van der Waals surface area contributed by atoms with Crippen LogP contribution in [0.15, 0.2) is 11.0 Å². The number of unbranched alkanes of at least 4 members (excludes halogenated alkanes) is 1. The zero-order valence-electron chi connectivity index (χ0n) is 12.3. The van der Waals surface area contributed by atoms with Crippen LogP contribution in [0.2, 0.25) is 5.02 Å². The summed E-state index contributed by atoms with van der Waals surface area (Å²) in [5.74, 6) is -0.101. The molecule has 0 saturated heterocycles. The van der Waals surface area contributed by atoms with Crippen LogP contribution in [-0.4, -0.2) is 40.7 Å². The summed E-state index contributed by atoms with van der Waals surface area (Å²) in [6, 6.07) is -0.477. The predicted molar refractivity (Wildman–Crippen MR) is 80.2 cm³/mol. The molecule has 0 aliphatic rings. The van der Waals surface area contributed by atoms with Gasteiger partial charge < -0.3 is 10.2 Å². The average Bonchev–Trinajstić information content (AvgIpc) is 2.42. The first-order valence-corrected chi connectivity index (χ1v) is 6.99. The monoisotopic (exact) mass is 300 g/mol. The Morgan fingerprint density at radius 3 is 2.75 bits per heavy atom. The number of hydrogen-bond donors (Lipinski definition) is 1. The van der Waals surface area contributed by atoms with Gasteiger partial charge in [0, 0.05) is 20.6 Å². The molecule has 0 fully saturated rings. The summed E-state index contributed by atoms with van der Waals surface area (Å²) < 4.78 is 1.34. The van der Waals surface area contributed by atoms with Crippen molar-refractivity contribution in [1.82, 2.24) is 14.7 Å². The standard InChI is InChI=1S/C13H21ClN4O2/c1-5-6-7-18-13(20)11(14)10(8-15-18)16-9(2)12(19)17(3)4/h8-9,16H,5-7H2,1-4H3. The minimum atomic E-state index is -0.477. The maximum absolute atomic E-state index is 12.0. The molecule has 0 saturated carbocycles. The fraction of sp³-hybridized carbons (Fsp3) is 0.615. The molecule has 1 amide bonds. The Morgan fingerprint density at radius 1 is 1.55 bits per heavy atom. The molecule has 0 bridgehead atoms. The van der Waals surface area contributed by atoms with Gasteiger partial charge in [0.05, 0.1) is 11.9 Å². The number of nitrogens with one attached hydrogen (secondary N) is 1. The van der Waals surface area contributed by atoms with Crippen LogP contribution in [-0.2, 0) is 11.3 Å². The van der Waals surface area contributed by atoms with Crippen LogP contribution >= 0.6 is 11.6 Å². The molecule has 0 aliphatic carbocycles. The molecule has 7 heteroatoms. The fourth-order valence-electron chi connectivity index (χ4n) is 1.72. The van der Waals surface area contributed by atoms with Gasteiger partial charge in [-0.1, -0.05) is 24.9 Å². The van der Waals surface area contributed by atoms with Crippen molar-refractivity contribution >= 4 is 23.2 Å². The second-order valence-corrected chi connectivity index (χ2v) is 5.23. The molecular formula is C13H21ClN4O2. The molecule has 112 valence electrons. The third kappa shape index (κ3) is 3.96. The SMILES string of the molecule is CCCCn1ncc(NC(C)C(=O)N(C)C)c(Cl)c1=O. The molecule has 1 unspecified atom stereocenters. The molecule has 1 rings (SSSR count). The molecule has 1 N–H and O–H groups in total. The molecule has 0 radical (unpaired) electrons. The van der Waals surface area contributed by atoms with Crippen LogP contribution in [0.1, 0.15) is 26.7 Å². The summed E-state index contributed by atoms with van der Waals surface area (Å²) in [7, 11) is 3.34. The van der Waals surface area contributed by atoms with Gasteiger partial charge in [0.2, 0.25) is 5.91 Å². The largest absolute Gasteiger partial charge is 0.371 e. The number of anilines is 1. The quantitative estimate of drug-likeness (QED) is 0.866. The number of aromatic nitrogens is 2.